The molecule has 0 aliphatic carbocycles. The van der Waals surface area contributed by atoms with Gasteiger partial charge >= 0.3 is 5.51 Å². The molecule has 100 valence electrons. The maximum atomic E-state index is 12.2. The zero-order valence-corrected chi connectivity index (χ0v) is 11.5. The predicted molar refractivity (Wildman–Crippen MR) is 70.8 cm³/mol. The summed E-state index contributed by atoms with van der Waals surface area (Å²) in [6.45, 7) is 3.13. The SMILES string of the molecule is CC1CCNC(c2ccc(SC(F)(F)F)cc2)S1. The molecule has 1 aliphatic rings. The first-order valence-electron chi connectivity index (χ1n) is 5.68. The zero-order chi connectivity index (χ0) is 13.2. The summed E-state index contributed by atoms with van der Waals surface area (Å²) in [4.78, 5) is 0.236. The van der Waals surface area contributed by atoms with Crippen molar-refractivity contribution in [3.8, 4) is 0 Å². The molecule has 6 heteroatoms. The van der Waals surface area contributed by atoms with Crippen LogP contribution in [0.5, 0.6) is 0 Å². The fourth-order valence-corrected chi connectivity index (χ4v) is 3.59. The topological polar surface area (TPSA) is 12.0 Å². The molecular formula is C12H14F3NS2. The van der Waals surface area contributed by atoms with Crippen molar-refractivity contribution in [3.05, 3.63) is 29.8 Å². The Morgan fingerprint density at radius 1 is 1.28 bits per heavy atom. The maximum absolute atomic E-state index is 12.2. The second-order valence-corrected chi connectivity index (χ2v) is 6.87. The van der Waals surface area contributed by atoms with Gasteiger partial charge in [0.25, 0.3) is 0 Å². The lowest BCUT2D eigenvalue weighted by atomic mass is 10.2. The van der Waals surface area contributed by atoms with E-state index in [-0.39, 0.29) is 22.0 Å². The van der Waals surface area contributed by atoms with Crippen molar-refractivity contribution in [2.75, 3.05) is 6.54 Å². The van der Waals surface area contributed by atoms with Crippen LogP contribution in [0.2, 0.25) is 0 Å². The average molecular weight is 293 g/mol. The van der Waals surface area contributed by atoms with Gasteiger partial charge in [-0.1, -0.05) is 19.1 Å². The van der Waals surface area contributed by atoms with E-state index >= 15 is 0 Å². The van der Waals surface area contributed by atoms with Gasteiger partial charge in [-0.2, -0.15) is 13.2 Å². The molecule has 0 saturated carbocycles. The van der Waals surface area contributed by atoms with Gasteiger partial charge in [0.2, 0.25) is 0 Å². The third-order valence-corrected chi connectivity index (χ3v) is 4.82. The quantitative estimate of drug-likeness (QED) is 0.811. The summed E-state index contributed by atoms with van der Waals surface area (Å²) in [6.07, 6.45) is 1.13. The zero-order valence-electron chi connectivity index (χ0n) is 9.83. The first-order chi connectivity index (χ1) is 8.44. The lowest BCUT2D eigenvalue weighted by Gasteiger charge is -2.28. The number of hydrogen-bond acceptors (Lipinski definition) is 3. The van der Waals surface area contributed by atoms with Crippen LogP contribution < -0.4 is 5.32 Å². The van der Waals surface area contributed by atoms with Gasteiger partial charge in [0.15, 0.2) is 0 Å². The highest BCUT2D eigenvalue weighted by molar-refractivity contribution is 8.00. The van der Waals surface area contributed by atoms with Crippen molar-refractivity contribution in [2.24, 2.45) is 0 Å². The summed E-state index contributed by atoms with van der Waals surface area (Å²) in [7, 11) is 0. The Bertz CT molecular complexity index is 391. The fraction of sp³-hybridized carbons (Fsp3) is 0.500. The van der Waals surface area contributed by atoms with Crippen LogP contribution in [0.15, 0.2) is 29.2 Å². The van der Waals surface area contributed by atoms with Crippen molar-refractivity contribution < 1.29 is 13.2 Å². The lowest BCUT2D eigenvalue weighted by molar-refractivity contribution is -0.0328. The van der Waals surface area contributed by atoms with Crippen LogP contribution in [0.1, 0.15) is 24.3 Å². The molecule has 2 atom stereocenters. The Morgan fingerprint density at radius 3 is 2.50 bits per heavy atom. The number of hydrogen-bond donors (Lipinski definition) is 1. The van der Waals surface area contributed by atoms with Crippen LogP contribution in [0.4, 0.5) is 13.2 Å². The van der Waals surface area contributed by atoms with Crippen LogP contribution >= 0.6 is 23.5 Å². The minimum absolute atomic E-state index is 0.0706. The molecule has 1 fully saturated rings. The maximum Gasteiger partial charge on any atom is 0.446 e. The van der Waals surface area contributed by atoms with Crippen LogP contribution in [-0.2, 0) is 0 Å². The average Bonchev–Trinajstić information content (AvgIpc) is 2.28. The number of thioether (sulfide) groups is 2. The minimum atomic E-state index is -4.21. The highest BCUT2D eigenvalue weighted by atomic mass is 32.2. The number of nitrogens with one attached hydrogen (secondary N) is 1. The Hall–Kier alpha value is -0.330. The van der Waals surface area contributed by atoms with Crippen molar-refractivity contribution in [1.82, 2.24) is 5.32 Å². The van der Waals surface area contributed by atoms with Crippen molar-refractivity contribution >= 4 is 23.5 Å². The molecule has 1 nitrogen and oxygen atoms in total. The van der Waals surface area contributed by atoms with E-state index in [0.717, 1.165) is 18.5 Å². The molecular weight excluding hydrogens is 279 g/mol. The standard InChI is InChI=1S/C12H14F3NS2/c1-8-6-7-16-11(17-8)9-2-4-10(5-3-9)18-12(13,14)15/h2-5,8,11,16H,6-7H2,1H3. The third kappa shape index (κ3) is 4.10. The Morgan fingerprint density at radius 2 is 1.94 bits per heavy atom. The molecule has 18 heavy (non-hydrogen) atoms. The molecule has 1 saturated heterocycles. The minimum Gasteiger partial charge on any atom is -0.302 e. The molecule has 0 amide bonds. The third-order valence-electron chi connectivity index (χ3n) is 2.67. The van der Waals surface area contributed by atoms with Gasteiger partial charge in [0.05, 0.1) is 5.37 Å². The van der Waals surface area contributed by atoms with Gasteiger partial charge in [-0.3, -0.25) is 0 Å². The Balaban J connectivity index is 2.03. The first-order valence-corrected chi connectivity index (χ1v) is 7.44. The van der Waals surface area contributed by atoms with E-state index < -0.39 is 5.51 Å². The number of benzene rings is 1. The van der Waals surface area contributed by atoms with E-state index in [0.29, 0.717) is 5.25 Å². The summed E-state index contributed by atoms with van der Waals surface area (Å²) in [6, 6.07) is 6.62. The Labute approximate surface area is 113 Å². The van der Waals surface area contributed by atoms with Crippen LogP contribution in [0, 0.1) is 0 Å². The van der Waals surface area contributed by atoms with Gasteiger partial charge < -0.3 is 5.32 Å². The van der Waals surface area contributed by atoms with Gasteiger partial charge in [-0.05, 0) is 42.4 Å². The largest absolute Gasteiger partial charge is 0.446 e. The fourth-order valence-electron chi connectivity index (χ4n) is 1.81. The summed E-state index contributed by atoms with van der Waals surface area (Å²) in [5.74, 6) is 0. The van der Waals surface area contributed by atoms with Gasteiger partial charge in [0.1, 0.15) is 0 Å². The molecule has 2 rings (SSSR count). The summed E-state index contributed by atoms with van der Waals surface area (Å²) in [5.41, 5.74) is -3.17. The second-order valence-electron chi connectivity index (χ2n) is 4.19. The molecule has 1 aromatic carbocycles. The first kappa shape index (κ1) is 14.1. The molecule has 0 radical (unpaired) electrons. The van der Waals surface area contributed by atoms with Crippen molar-refractivity contribution in [1.29, 1.82) is 0 Å². The van der Waals surface area contributed by atoms with E-state index in [1.807, 2.05) is 11.8 Å². The molecule has 1 aliphatic heterocycles. The van der Waals surface area contributed by atoms with Crippen LogP contribution in [-0.4, -0.2) is 17.3 Å². The van der Waals surface area contributed by atoms with Crippen LogP contribution in [0.3, 0.4) is 0 Å². The Kier molecular flexibility index (Phi) is 4.50. The lowest BCUT2D eigenvalue weighted by Crippen LogP contribution is -2.28. The molecule has 1 aromatic rings. The van der Waals surface area contributed by atoms with E-state index in [4.69, 9.17) is 0 Å². The number of rotatable bonds is 2. The van der Waals surface area contributed by atoms with E-state index in [1.165, 1.54) is 12.1 Å². The molecule has 0 spiro atoms. The van der Waals surface area contributed by atoms with Gasteiger partial charge in [-0.25, -0.2) is 0 Å². The highest BCUT2D eigenvalue weighted by Gasteiger charge is 2.29. The molecule has 1 heterocycles. The summed E-state index contributed by atoms with van der Waals surface area (Å²) >= 11 is 1.75. The van der Waals surface area contributed by atoms with E-state index in [1.54, 1.807) is 12.1 Å². The predicted octanol–water partition coefficient (Wildman–Crippen LogP) is 4.41. The molecule has 2 unspecified atom stereocenters. The smallest absolute Gasteiger partial charge is 0.302 e. The molecule has 0 aromatic heterocycles. The van der Waals surface area contributed by atoms with E-state index in [2.05, 4.69) is 12.2 Å². The monoisotopic (exact) mass is 293 g/mol. The summed E-state index contributed by atoms with van der Waals surface area (Å²) in [5, 5.41) is 4.14. The number of alkyl halides is 3. The second kappa shape index (κ2) is 5.75. The van der Waals surface area contributed by atoms with Crippen molar-refractivity contribution in [2.45, 2.75) is 34.4 Å². The highest BCUT2D eigenvalue weighted by Crippen LogP contribution is 2.39. The number of halogens is 3. The van der Waals surface area contributed by atoms with Gasteiger partial charge in [0, 0.05) is 10.1 Å². The molecule has 0 bridgehead atoms. The van der Waals surface area contributed by atoms with Gasteiger partial charge in [-0.15, -0.1) is 11.8 Å². The normalized spacial score (nSPS) is 25.1. The molecule has 1 N–H and O–H groups in total. The van der Waals surface area contributed by atoms with Crippen LogP contribution in [0.25, 0.3) is 0 Å². The van der Waals surface area contributed by atoms with Crippen molar-refractivity contribution in [3.63, 3.8) is 0 Å². The summed E-state index contributed by atoms with van der Waals surface area (Å²) < 4.78 is 36.6. The van der Waals surface area contributed by atoms with E-state index in [9.17, 15) is 13.2 Å².